The Hall–Kier alpha value is -2.11. The fraction of sp³-hybridized carbons (Fsp3) is 0.611. The van der Waals surface area contributed by atoms with Crippen molar-refractivity contribution < 1.29 is 9.59 Å². The minimum atomic E-state index is -0.557. The Morgan fingerprint density at radius 1 is 1.17 bits per heavy atom. The minimum absolute atomic E-state index is 0.00695. The van der Waals surface area contributed by atoms with Crippen LogP contribution in [0.1, 0.15) is 45.4 Å². The number of aromatic nitrogens is 1. The molecule has 1 atom stereocenters. The van der Waals surface area contributed by atoms with Gasteiger partial charge in [0, 0.05) is 19.0 Å². The molecule has 0 unspecified atom stereocenters. The van der Waals surface area contributed by atoms with E-state index >= 15 is 0 Å². The molecule has 0 radical (unpaired) electrons. The topological polar surface area (TPSA) is 74.3 Å². The van der Waals surface area contributed by atoms with Crippen LogP contribution >= 0.6 is 0 Å². The zero-order valence-corrected chi connectivity index (χ0v) is 14.3. The quantitative estimate of drug-likeness (QED) is 0.869. The van der Waals surface area contributed by atoms with Gasteiger partial charge in [0.2, 0.25) is 11.8 Å². The number of pyridine rings is 1. The predicted octanol–water partition coefficient (Wildman–Crippen LogP) is 2.32. The van der Waals surface area contributed by atoms with Gasteiger partial charge in [0.15, 0.2) is 0 Å². The third-order valence-corrected chi connectivity index (χ3v) is 4.95. The van der Waals surface area contributed by atoms with Crippen LogP contribution < -0.4 is 15.5 Å². The largest absolute Gasteiger partial charge is 0.370 e. The van der Waals surface area contributed by atoms with Gasteiger partial charge in [-0.15, -0.1) is 0 Å². The van der Waals surface area contributed by atoms with Crippen molar-refractivity contribution >= 4 is 23.3 Å². The fourth-order valence-corrected chi connectivity index (χ4v) is 3.44. The number of amides is 2. The van der Waals surface area contributed by atoms with Crippen LogP contribution in [-0.4, -0.2) is 35.9 Å². The molecule has 1 aliphatic heterocycles. The lowest BCUT2D eigenvalue weighted by Gasteiger charge is -2.18. The highest BCUT2D eigenvalue weighted by Gasteiger charge is 2.25. The number of carbonyl (C=O) groups excluding carboxylic acids is 2. The summed E-state index contributed by atoms with van der Waals surface area (Å²) in [6.07, 6.45) is 8.30. The Kier molecular flexibility index (Phi) is 5.33. The van der Waals surface area contributed by atoms with Crippen molar-refractivity contribution in [2.24, 2.45) is 5.92 Å². The van der Waals surface area contributed by atoms with E-state index in [1.807, 2.05) is 12.1 Å². The molecular weight excluding hydrogens is 304 g/mol. The molecule has 1 saturated carbocycles. The molecule has 1 aliphatic carbocycles. The Morgan fingerprint density at radius 3 is 2.50 bits per heavy atom. The van der Waals surface area contributed by atoms with Gasteiger partial charge in [-0.05, 0) is 44.7 Å². The van der Waals surface area contributed by atoms with E-state index in [1.54, 1.807) is 13.1 Å². The van der Waals surface area contributed by atoms with Gasteiger partial charge in [0.05, 0.1) is 11.9 Å². The highest BCUT2D eigenvalue weighted by atomic mass is 16.2. The van der Waals surface area contributed by atoms with E-state index in [2.05, 4.69) is 20.5 Å². The smallest absolute Gasteiger partial charge is 0.247 e. The summed E-state index contributed by atoms with van der Waals surface area (Å²) in [6.45, 7) is 3.84. The normalized spacial score (nSPS) is 19.3. The number of hydrogen-bond donors (Lipinski definition) is 2. The summed E-state index contributed by atoms with van der Waals surface area (Å²) in [5, 5.41) is 5.58. The molecule has 1 saturated heterocycles. The molecule has 0 spiro atoms. The second-order valence-corrected chi connectivity index (χ2v) is 6.80. The molecule has 0 aromatic carbocycles. The van der Waals surface area contributed by atoms with Gasteiger partial charge >= 0.3 is 0 Å². The standard InChI is InChI=1S/C18H26N4O2/c1-13(20-18(24)14-6-2-3-7-14)17(23)21-16-9-8-15(12-19-16)22-10-4-5-11-22/h8-9,12-14H,2-7,10-11H2,1H3,(H,20,24)(H,19,21,23)/t13-/m0/s1. The summed E-state index contributed by atoms with van der Waals surface area (Å²) in [4.78, 5) is 30.9. The Labute approximate surface area is 143 Å². The number of rotatable bonds is 5. The van der Waals surface area contributed by atoms with Crippen LogP contribution in [0, 0.1) is 5.92 Å². The maximum atomic E-state index is 12.2. The first kappa shape index (κ1) is 16.7. The van der Waals surface area contributed by atoms with Crippen molar-refractivity contribution in [3.8, 4) is 0 Å². The molecular formula is C18H26N4O2. The van der Waals surface area contributed by atoms with E-state index in [0.29, 0.717) is 5.82 Å². The number of carbonyl (C=O) groups is 2. The number of nitrogens with zero attached hydrogens (tertiary/aromatic N) is 2. The van der Waals surface area contributed by atoms with E-state index in [0.717, 1.165) is 44.5 Å². The average Bonchev–Trinajstić information content (AvgIpc) is 3.29. The molecule has 2 amide bonds. The first-order valence-electron chi connectivity index (χ1n) is 8.96. The molecule has 2 N–H and O–H groups in total. The van der Waals surface area contributed by atoms with Gasteiger partial charge in [-0.1, -0.05) is 12.8 Å². The SMILES string of the molecule is C[C@H](NC(=O)C1CCCC1)C(=O)Nc1ccc(N2CCCC2)cn1. The third kappa shape index (κ3) is 4.04. The lowest BCUT2D eigenvalue weighted by atomic mass is 10.1. The Bertz CT molecular complexity index is 575. The Balaban J connectivity index is 1.50. The number of anilines is 2. The molecule has 2 heterocycles. The maximum Gasteiger partial charge on any atom is 0.247 e. The zero-order valence-electron chi connectivity index (χ0n) is 14.3. The first-order chi connectivity index (χ1) is 11.6. The van der Waals surface area contributed by atoms with Gasteiger partial charge in [-0.2, -0.15) is 0 Å². The molecule has 1 aromatic heterocycles. The summed E-state index contributed by atoms with van der Waals surface area (Å²) >= 11 is 0. The van der Waals surface area contributed by atoms with Crippen LogP contribution in [0.5, 0.6) is 0 Å². The van der Waals surface area contributed by atoms with Crippen molar-refractivity contribution in [1.82, 2.24) is 10.3 Å². The predicted molar refractivity (Wildman–Crippen MR) is 93.9 cm³/mol. The number of hydrogen-bond acceptors (Lipinski definition) is 4. The van der Waals surface area contributed by atoms with E-state index in [1.165, 1.54) is 12.8 Å². The van der Waals surface area contributed by atoms with Crippen molar-refractivity contribution in [2.45, 2.75) is 51.5 Å². The van der Waals surface area contributed by atoms with Crippen LogP contribution in [0.2, 0.25) is 0 Å². The van der Waals surface area contributed by atoms with Crippen molar-refractivity contribution in [2.75, 3.05) is 23.3 Å². The van der Waals surface area contributed by atoms with Crippen LogP contribution in [0.15, 0.2) is 18.3 Å². The van der Waals surface area contributed by atoms with Crippen LogP contribution in [0.3, 0.4) is 0 Å². The van der Waals surface area contributed by atoms with Crippen molar-refractivity contribution in [3.63, 3.8) is 0 Å². The van der Waals surface area contributed by atoms with E-state index in [-0.39, 0.29) is 17.7 Å². The molecule has 24 heavy (non-hydrogen) atoms. The van der Waals surface area contributed by atoms with Crippen LogP contribution in [-0.2, 0) is 9.59 Å². The first-order valence-corrected chi connectivity index (χ1v) is 8.96. The number of nitrogens with one attached hydrogen (secondary N) is 2. The van der Waals surface area contributed by atoms with Gasteiger partial charge in [-0.3, -0.25) is 9.59 Å². The molecule has 0 bridgehead atoms. The van der Waals surface area contributed by atoms with Crippen molar-refractivity contribution in [1.29, 1.82) is 0 Å². The van der Waals surface area contributed by atoms with Gasteiger partial charge < -0.3 is 15.5 Å². The molecule has 130 valence electrons. The monoisotopic (exact) mass is 330 g/mol. The van der Waals surface area contributed by atoms with Crippen LogP contribution in [0.25, 0.3) is 0 Å². The van der Waals surface area contributed by atoms with Crippen molar-refractivity contribution in [3.05, 3.63) is 18.3 Å². The molecule has 6 heteroatoms. The highest BCUT2D eigenvalue weighted by Crippen LogP contribution is 2.24. The van der Waals surface area contributed by atoms with Gasteiger partial charge in [0.1, 0.15) is 11.9 Å². The summed E-state index contributed by atoms with van der Waals surface area (Å²) in [5.41, 5.74) is 1.09. The summed E-state index contributed by atoms with van der Waals surface area (Å²) in [5.74, 6) is 0.346. The minimum Gasteiger partial charge on any atom is -0.370 e. The van der Waals surface area contributed by atoms with E-state index in [9.17, 15) is 9.59 Å². The third-order valence-electron chi connectivity index (χ3n) is 4.95. The van der Waals surface area contributed by atoms with E-state index < -0.39 is 6.04 Å². The maximum absolute atomic E-state index is 12.2. The zero-order chi connectivity index (χ0) is 16.9. The lowest BCUT2D eigenvalue weighted by Crippen LogP contribution is -2.43. The molecule has 3 rings (SSSR count). The molecule has 1 aromatic rings. The van der Waals surface area contributed by atoms with Gasteiger partial charge in [0.25, 0.3) is 0 Å². The average molecular weight is 330 g/mol. The second-order valence-electron chi connectivity index (χ2n) is 6.80. The Morgan fingerprint density at radius 2 is 1.88 bits per heavy atom. The lowest BCUT2D eigenvalue weighted by molar-refractivity contribution is -0.128. The summed E-state index contributed by atoms with van der Waals surface area (Å²) in [6, 6.07) is 3.24. The molecule has 2 aliphatic rings. The summed E-state index contributed by atoms with van der Waals surface area (Å²) < 4.78 is 0. The fourth-order valence-electron chi connectivity index (χ4n) is 3.44. The van der Waals surface area contributed by atoms with Gasteiger partial charge in [-0.25, -0.2) is 4.98 Å². The molecule has 2 fully saturated rings. The summed E-state index contributed by atoms with van der Waals surface area (Å²) in [7, 11) is 0. The van der Waals surface area contributed by atoms with E-state index in [4.69, 9.17) is 0 Å². The molecule has 6 nitrogen and oxygen atoms in total. The highest BCUT2D eigenvalue weighted by molar-refractivity contribution is 5.96. The second kappa shape index (κ2) is 7.64. The van der Waals surface area contributed by atoms with Crippen LogP contribution in [0.4, 0.5) is 11.5 Å².